The average Bonchev–Trinajstić information content (AvgIpc) is 3.28. The number of rotatable bonds is 5. The van der Waals surface area contributed by atoms with Crippen molar-refractivity contribution in [2.45, 2.75) is 32.2 Å². The van der Waals surface area contributed by atoms with Gasteiger partial charge in [0.25, 0.3) is 0 Å². The fourth-order valence-electron chi connectivity index (χ4n) is 3.44. The topological polar surface area (TPSA) is 58.7 Å². The molecule has 2 aromatic carbocycles. The highest BCUT2D eigenvalue weighted by molar-refractivity contribution is 5.96. The smallest absolute Gasteiger partial charge is 0.163 e. The third kappa shape index (κ3) is 3.29. The molecule has 0 atom stereocenters. The van der Waals surface area contributed by atoms with E-state index in [4.69, 9.17) is 10.2 Å². The Balaban J connectivity index is 1.47. The van der Waals surface area contributed by atoms with Crippen LogP contribution in [0, 0.1) is 11.3 Å². The number of benzene rings is 2. The van der Waals surface area contributed by atoms with Gasteiger partial charge in [-0.2, -0.15) is 5.26 Å². The zero-order valence-corrected chi connectivity index (χ0v) is 14.5. The van der Waals surface area contributed by atoms with Crippen molar-refractivity contribution in [3.05, 3.63) is 77.2 Å². The zero-order chi connectivity index (χ0) is 17.9. The Morgan fingerprint density at radius 2 is 2.08 bits per heavy atom. The van der Waals surface area contributed by atoms with Crippen LogP contribution >= 0.6 is 0 Å². The van der Waals surface area contributed by atoms with Gasteiger partial charge in [-0.1, -0.05) is 30.3 Å². The Bertz CT molecular complexity index is 989. The van der Waals surface area contributed by atoms with Crippen molar-refractivity contribution < 1.29 is 4.79 Å². The minimum Gasteiger partial charge on any atom is -0.334 e. The lowest BCUT2D eigenvalue weighted by atomic mass is 10.00. The largest absolute Gasteiger partial charge is 0.334 e. The molecule has 0 unspecified atom stereocenters. The molecule has 0 amide bonds. The molecule has 0 N–H and O–H groups in total. The van der Waals surface area contributed by atoms with Gasteiger partial charge in [0, 0.05) is 36.7 Å². The van der Waals surface area contributed by atoms with Gasteiger partial charge in [0.2, 0.25) is 0 Å². The summed E-state index contributed by atoms with van der Waals surface area (Å²) in [5.41, 5.74) is 4.36. The summed E-state index contributed by atoms with van der Waals surface area (Å²) < 4.78 is 2.23. The van der Waals surface area contributed by atoms with Crippen molar-refractivity contribution in [1.29, 1.82) is 5.26 Å². The highest BCUT2D eigenvalue weighted by atomic mass is 16.1. The van der Waals surface area contributed by atoms with Gasteiger partial charge in [-0.3, -0.25) is 4.79 Å². The van der Waals surface area contributed by atoms with Gasteiger partial charge in [0.05, 0.1) is 17.3 Å². The van der Waals surface area contributed by atoms with Crippen molar-refractivity contribution in [3.63, 3.8) is 0 Å². The molecule has 2 heterocycles. The van der Waals surface area contributed by atoms with Crippen LogP contribution in [0.3, 0.4) is 0 Å². The maximum absolute atomic E-state index is 12.4. The average molecular weight is 341 g/mol. The summed E-state index contributed by atoms with van der Waals surface area (Å²) in [7, 11) is 0. The van der Waals surface area contributed by atoms with E-state index in [2.05, 4.69) is 29.0 Å². The second kappa shape index (κ2) is 6.97. The molecule has 4 rings (SSSR count). The van der Waals surface area contributed by atoms with E-state index >= 15 is 0 Å². The molecule has 0 saturated carbocycles. The van der Waals surface area contributed by atoms with E-state index in [1.807, 2.05) is 12.1 Å². The molecule has 0 radical (unpaired) electrons. The molecule has 26 heavy (non-hydrogen) atoms. The van der Waals surface area contributed by atoms with Crippen LogP contribution in [0.25, 0.3) is 11.3 Å². The summed E-state index contributed by atoms with van der Waals surface area (Å²) in [5.74, 6) is 1.23. The first-order chi connectivity index (χ1) is 12.7. The van der Waals surface area contributed by atoms with Crippen LogP contribution in [-0.4, -0.2) is 15.3 Å². The fourth-order valence-corrected chi connectivity index (χ4v) is 3.44. The fraction of sp³-hybridized carbons (Fsp3) is 0.227. The third-order valence-corrected chi connectivity index (χ3v) is 4.84. The number of carbonyl (C=O) groups is 1. The van der Waals surface area contributed by atoms with Gasteiger partial charge in [-0.15, -0.1) is 0 Å². The molecule has 4 heteroatoms. The van der Waals surface area contributed by atoms with Gasteiger partial charge >= 0.3 is 0 Å². The number of hydrogen-bond acceptors (Lipinski definition) is 3. The van der Waals surface area contributed by atoms with E-state index in [0.29, 0.717) is 24.0 Å². The molecule has 1 aliphatic rings. The highest BCUT2D eigenvalue weighted by Gasteiger charge is 2.15. The van der Waals surface area contributed by atoms with Crippen molar-refractivity contribution in [2.24, 2.45) is 0 Å². The molecule has 0 saturated heterocycles. The Morgan fingerprint density at radius 3 is 2.92 bits per heavy atom. The molecule has 0 aliphatic carbocycles. The van der Waals surface area contributed by atoms with E-state index in [-0.39, 0.29) is 5.78 Å². The summed E-state index contributed by atoms with van der Waals surface area (Å²) in [4.78, 5) is 17.1. The van der Waals surface area contributed by atoms with E-state index < -0.39 is 0 Å². The number of carbonyl (C=O) groups excluding carboxylic acids is 1. The number of nitrogens with zero attached hydrogens (tertiary/aromatic N) is 3. The molecule has 3 aromatic rings. The number of imidazole rings is 1. The molecule has 0 fully saturated rings. The van der Waals surface area contributed by atoms with Crippen LogP contribution < -0.4 is 0 Å². The van der Waals surface area contributed by atoms with E-state index in [1.54, 1.807) is 24.3 Å². The predicted molar refractivity (Wildman–Crippen MR) is 99.8 cm³/mol. The molecule has 1 aromatic heterocycles. The van der Waals surface area contributed by atoms with Crippen LogP contribution in [0.5, 0.6) is 0 Å². The predicted octanol–water partition coefficient (Wildman–Crippen LogP) is 4.18. The number of Topliss-reactive ketones (excluding diaryl/α,β-unsaturated/α-hetero) is 1. The Labute approximate surface area is 152 Å². The Kier molecular flexibility index (Phi) is 4.37. The summed E-state index contributed by atoms with van der Waals surface area (Å²) >= 11 is 0. The number of aryl methyl sites for hydroxylation is 3. The first kappa shape index (κ1) is 16.3. The molecule has 128 valence electrons. The van der Waals surface area contributed by atoms with E-state index in [9.17, 15) is 4.79 Å². The number of fused-ring (bicyclic) bond motifs is 1. The van der Waals surface area contributed by atoms with Crippen LogP contribution in [0.2, 0.25) is 0 Å². The standard InChI is InChI=1S/C22H19N3O/c23-14-17-5-2-7-19(13-17)21(26)10-9-16-4-1-6-18(12-16)20-15-25-11-3-8-22(25)24-20/h1-2,4-7,12-13,15H,3,8-11H2. The summed E-state index contributed by atoms with van der Waals surface area (Å²) in [6, 6.07) is 17.2. The van der Waals surface area contributed by atoms with Crippen molar-refractivity contribution in [3.8, 4) is 17.3 Å². The maximum Gasteiger partial charge on any atom is 0.163 e. The minimum absolute atomic E-state index is 0.0634. The van der Waals surface area contributed by atoms with Crippen LogP contribution in [0.4, 0.5) is 0 Å². The monoisotopic (exact) mass is 341 g/mol. The first-order valence-corrected chi connectivity index (χ1v) is 8.92. The molecule has 4 nitrogen and oxygen atoms in total. The van der Waals surface area contributed by atoms with Gasteiger partial charge in [-0.25, -0.2) is 4.98 Å². The summed E-state index contributed by atoms with van der Waals surface area (Å²) in [5, 5.41) is 8.96. The lowest BCUT2D eigenvalue weighted by molar-refractivity contribution is 0.0983. The van der Waals surface area contributed by atoms with Crippen LogP contribution in [-0.2, 0) is 19.4 Å². The van der Waals surface area contributed by atoms with Crippen molar-refractivity contribution >= 4 is 5.78 Å². The number of aromatic nitrogens is 2. The minimum atomic E-state index is 0.0634. The summed E-state index contributed by atoms with van der Waals surface area (Å²) in [6.07, 6.45) is 5.46. The number of hydrogen-bond donors (Lipinski definition) is 0. The maximum atomic E-state index is 12.4. The van der Waals surface area contributed by atoms with Gasteiger partial charge in [-0.05, 0) is 36.6 Å². The SMILES string of the molecule is N#Cc1cccc(C(=O)CCc2cccc(-c3cn4c(n3)CCC4)c2)c1. The number of nitriles is 1. The lowest BCUT2D eigenvalue weighted by Gasteiger charge is -2.05. The molecule has 0 spiro atoms. The molecular weight excluding hydrogens is 322 g/mol. The summed E-state index contributed by atoms with van der Waals surface area (Å²) in [6.45, 7) is 1.05. The van der Waals surface area contributed by atoms with Gasteiger partial charge in [0.15, 0.2) is 5.78 Å². The molecule has 1 aliphatic heterocycles. The second-order valence-electron chi connectivity index (χ2n) is 6.66. The lowest BCUT2D eigenvalue weighted by Crippen LogP contribution is -2.01. The van der Waals surface area contributed by atoms with Crippen molar-refractivity contribution in [2.75, 3.05) is 0 Å². The quantitative estimate of drug-likeness (QED) is 0.654. The molecule has 0 bridgehead atoms. The normalized spacial score (nSPS) is 12.6. The Morgan fingerprint density at radius 1 is 1.19 bits per heavy atom. The van der Waals surface area contributed by atoms with Gasteiger partial charge in [0.1, 0.15) is 5.82 Å². The van der Waals surface area contributed by atoms with Crippen molar-refractivity contribution in [1.82, 2.24) is 9.55 Å². The van der Waals surface area contributed by atoms with Gasteiger partial charge < -0.3 is 4.57 Å². The zero-order valence-electron chi connectivity index (χ0n) is 14.5. The van der Waals surface area contributed by atoms with E-state index in [1.165, 1.54) is 6.42 Å². The van der Waals surface area contributed by atoms with E-state index in [0.717, 1.165) is 35.6 Å². The number of ketones is 1. The Hall–Kier alpha value is -3.19. The third-order valence-electron chi connectivity index (χ3n) is 4.84. The van der Waals surface area contributed by atoms with Crippen LogP contribution in [0.15, 0.2) is 54.7 Å². The molecular formula is C22H19N3O. The van der Waals surface area contributed by atoms with Crippen LogP contribution in [0.1, 0.15) is 40.2 Å². The highest BCUT2D eigenvalue weighted by Crippen LogP contribution is 2.24. The first-order valence-electron chi connectivity index (χ1n) is 8.92. The second-order valence-corrected chi connectivity index (χ2v) is 6.66.